The fourth-order valence-electron chi connectivity index (χ4n) is 1.60. The molecule has 0 spiro atoms. The molecule has 20 heavy (non-hydrogen) atoms. The third-order valence-corrected chi connectivity index (χ3v) is 2.71. The highest BCUT2D eigenvalue weighted by Gasteiger charge is 1.91. The molecule has 0 heterocycles. The lowest BCUT2D eigenvalue weighted by Gasteiger charge is -1.91. The Morgan fingerprint density at radius 1 is 0.900 bits per heavy atom. The van der Waals surface area contributed by atoms with E-state index in [0.717, 1.165) is 44.9 Å². The summed E-state index contributed by atoms with van der Waals surface area (Å²) in [4.78, 5) is 10.7. The number of hydrogen-bond acceptors (Lipinski definition) is 1. The third kappa shape index (κ3) is 16.4. The van der Waals surface area contributed by atoms with Crippen LogP contribution >= 0.6 is 0 Å². The molecule has 0 aromatic rings. The van der Waals surface area contributed by atoms with Crippen molar-refractivity contribution in [2.24, 2.45) is 0 Å². The summed E-state index contributed by atoms with van der Waals surface area (Å²) >= 11 is 0. The number of carbonyl (C=O) groups is 1. The zero-order valence-electron chi connectivity index (χ0n) is 13.0. The quantitative estimate of drug-likeness (QED) is 0.296. The third-order valence-electron chi connectivity index (χ3n) is 2.71. The first-order valence-corrected chi connectivity index (χ1v) is 7.67. The van der Waals surface area contributed by atoms with Gasteiger partial charge < -0.3 is 4.79 Å². The lowest BCUT2D eigenvalue weighted by molar-refractivity contribution is -0.117. The van der Waals surface area contributed by atoms with Crippen LogP contribution in [0.5, 0.6) is 0 Å². The number of ketones is 1. The highest BCUT2D eigenvalue weighted by atomic mass is 16.1. The maximum atomic E-state index is 10.7. The lowest BCUT2D eigenvalue weighted by atomic mass is 10.1. The van der Waals surface area contributed by atoms with E-state index in [1.54, 1.807) is 6.92 Å². The molecule has 0 rings (SSSR count). The molecule has 1 heteroatoms. The number of Topliss-reactive ketones (excluding diaryl/α,β-unsaturated/α-hetero) is 1. The van der Waals surface area contributed by atoms with Crippen molar-refractivity contribution >= 4 is 5.78 Å². The van der Waals surface area contributed by atoms with Gasteiger partial charge in [-0.1, -0.05) is 49.3 Å². The van der Waals surface area contributed by atoms with Crippen molar-refractivity contribution in [3.63, 3.8) is 0 Å². The van der Waals surface area contributed by atoms with Crippen LogP contribution in [-0.2, 0) is 4.79 Å². The summed E-state index contributed by atoms with van der Waals surface area (Å²) in [5.41, 5.74) is 0. The molecule has 0 radical (unpaired) electrons. The lowest BCUT2D eigenvalue weighted by Crippen LogP contribution is -1.88. The van der Waals surface area contributed by atoms with Gasteiger partial charge in [0.2, 0.25) is 0 Å². The summed E-state index contributed by atoms with van der Waals surface area (Å²) in [7, 11) is 0. The van der Waals surface area contributed by atoms with Crippen LogP contribution in [0, 0.1) is 11.8 Å². The number of rotatable bonds is 10. The number of unbranched alkanes of at least 4 members (excludes halogenated alkanes) is 2. The summed E-state index contributed by atoms with van der Waals surface area (Å²) in [6.07, 6.45) is 20.6. The number of hydrogen-bond donors (Lipinski definition) is 0. The van der Waals surface area contributed by atoms with Crippen molar-refractivity contribution in [1.82, 2.24) is 0 Å². The van der Waals surface area contributed by atoms with Gasteiger partial charge in [0.15, 0.2) is 0 Å². The van der Waals surface area contributed by atoms with Crippen LogP contribution in [0.25, 0.3) is 0 Å². The number of allylic oxidation sites excluding steroid dienone is 6. The van der Waals surface area contributed by atoms with E-state index in [1.165, 1.54) is 0 Å². The predicted octanol–water partition coefficient (Wildman–Crippen LogP) is 5.39. The van der Waals surface area contributed by atoms with Gasteiger partial charge in [0.25, 0.3) is 0 Å². The van der Waals surface area contributed by atoms with E-state index in [1.807, 2.05) is 0 Å². The zero-order chi connectivity index (χ0) is 14.9. The van der Waals surface area contributed by atoms with Crippen molar-refractivity contribution in [3.05, 3.63) is 36.5 Å². The fraction of sp³-hybridized carbons (Fsp3) is 0.526. The van der Waals surface area contributed by atoms with Gasteiger partial charge in [0.05, 0.1) is 0 Å². The molecule has 0 aliphatic carbocycles. The maximum Gasteiger partial charge on any atom is 0.129 e. The summed E-state index contributed by atoms with van der Waals surface area (Å²) < 4.78 is 0. The van der Waals surface area contributed by atoms with E-state index in [0.29, 0.717) is 6.42 Å². The van der Waals surface area contributed by atoms with E-state index >= 15 is 0 Å². The first-order chi connectivity index (χ1) is 9.77. The van der Waals surface area contributed by atoms with Crippen LogP contribution in [0.2, 0.25) is 0 Å². The second kappa shape index (κ2) is 15.5. The monoisotopic (exact) mass is 272 g/mol. The Hall–Kier alpha value is -1.55. The fourth-order valence-corrected chi connectivity index (χ4v) is 1.60. The van der Waals surface area contributed by atoms with Gasteiger partial charge in [0, 0.05) is 19.3 Å². The molecule has 1 nitrogen and oxygen atoms in total. The molecule has 110 valence electrons. The largest absolute Gasteiger partial charge is 0.300 e. The van der Waals surface area contributed by atoms with Crippen LogP contribution in [0.1, 0.15) is 65.2 Å². The molecule has 0 amide bonds. The Kier molecular flexibility index (Phi) is 14.3. The first kappa shape index (κ1) is 18.4. The molecule has 0 N–H and O–H groups in total. The second-order valence-corrected chi connectivity index (χ2v) is 4.76. The van der Waals surface area contributed by atoms with Crippen LogP contribution in [0.15, 0.2) is 36.5 Å². The molecular formula is C19H28O. The molecule has 0 aromatic carbocycles. The standard InChI is InChI=1S/C19H28O/c1-3-4-5-6-7-8-9-10-11-12-13-14-15-16-17-18-19(2)20/h4-5,7-8,10-11H,3,6,9,12,15-18H2,1-2H3. The molecule has 0 aromatic heterocycles. The van der Waals surface area contributed by atoms with Gasteiger partial charge in [-0.05, 0) is 39.0 Å². The molecule has 0 aliphatic rings. The van der Waals surface area contributed by atoms with Crippen molar-refractivity contribution in [1.29, 1.82) is 0 Å². The van der Waals surface area contributed by atoms with Crippen LogP contribution in [0.4, 0.5) is 0 Å². The minimum Gasteiger partial charge on any atom is -0.300 e. The molecule has 0 aliphatic heterocycles. The van der Waals surface area contributed by atoms with E-state index in [9.17, 15) is 4.79 Å². The van der Waals surface area contributed by atoms with Gasteiger partial charge in [-0.25, -0.2) is 0 Å². The average Bonchev–Trinajstić information content (AvgIpc) is 2.43. The molecule has 0 saturated carbocycles. The Balaban J connectivity index is 3.43. The minimum atomic E-state index is 0.277. The van der Waals surface area contributed by atoms with Crippen molar-refractivity contribution in [2.75, 3.05) is 0 Å². The molecule has 0 fully saturated rings. The highest BCUT2D eigenvalue weighted by molar-refractivity contribution is 5.75. The Morgan fingerprint density at radius 2 is 1.55 bits per heavy atom. The van der Waals surface area contributed by atoms with E-state index in [-0.39, 0.29) is 5.78 Å². The summed E-state index contributed by atoms with van der Waals surface area (Å²) in [6.45, 7) is 3.79. The number of carbonyl (C=O) groups excluding carboxylic acids is 1. The van der Waals surface area contributed by atoms with Crippen molar-refractivity contribution < 1.29 is 4.79 Å². The minimum absolute atomic E-state index is 0.277. The second-order valence-electron chi connectivity index (χ2n) is 4.76. The topological polar surface area (TPSA) is 17.1 Å². The van der Waals surface area contributed by atoms with Gasteiger partial charge in [0.1, 0.15) is 5.78 Å². The molecule has 0 unspecified atom stereocenters. The zero-order valence-corrected chi connectivity index (χ0v) is 13.0. The predicted molar refractivity (Wildman–Crippen MR) is 88.5 cm³/mol. The highest BCUT2D eigenvalue weighted by Crippen LogP contribution is 1.99. The SMILES string of the molecule is CCC=CCC=CCC=CCC#CCCCCC(C)=O. The molecule has 0 saturated heterocycles. The molecular weight excluding hydrogens is 244 g/mol. The average molecular weight is 272 g/mol. The maximum absolute atomic E-state index is 10.7. The summed E-state index contributed by atoms with van der Waals surface area (Å²) in [5.74, 6) is 6.56. The normalized spacial score (nSPS) is 11.3. The van der Waals surface area contributed by atoms with Crippen molar-refractivity contribution in [2.45, 2.75) is 65.2 Å². The van der Waals surface area contributed by atoms with Crippen molar-refractivity contribution in [3.8, 4) is 11.8 Å². The molecule has 0 bridgehead atoms. The van der Waals surface area contributed by atoms with Crippen LogP contribution in [-0.4, -0.2) is 5.78 Å². The molecule has 0 atom stereocenters. The van der Waals surface area contributed by atoms with E-state index < -0.39 is 0 Å². The Bertz CT molecular complexity index is 374. The van der Waals surface area contributed by atoms with E-state index in [2.05, 4.69) is 55.2 Å². The van der Waals surface area contributed by atoms with Crippen LogP contribution in [0.3, 0.4) is 0 Å². The Labute approximate surface area is 124 Å². The van der Waals surface area contributed by atoms with Gasteiger partial charge in [-0.2, -0.15) is 0 Å². The Morgan fingerprint density at radius 3 is 2.20 bits per heavy atom. The van der Waals surface area contributed by atoms with Crippen LogP contribution < -0.4 is 0 Å². The van der Waals surface area contributed by atoms with E-state index in [4.69, 9.17) is 0 Å². The summed E-state index contributed by atoms with van der Waals surface area (Å²) in [6, 6.07) is 0. The van der Waals surface area contributed by atoms with Gasteiger partial charge in [-0.3, -0.25) is 0 Å². The first-order valence-electron chi connectivity index (χ1n) is 7.67. The van der Waals surface area contributed by atoms with Gasteiger partial charge in [-0.15, -0.1) is 5.92 Å². The van der Waals surface area contributed by atoms with Gasteiger partial charge >= 0.3 is 0 Å². The smallest absolute Gasteiger partial charge is 0.129 e. The summed E-state index contributed by atoms with van der Waals surface area (Å²) in [5, 5.41) is 0.